The second-order valence-corrected chi connectivity index (χ2v) is 4.83. The van der Waals surface area contributed by atoms with E-state index in [4.69, 9.17) is 16.7 Å². The van der Waals surface area contributed by atoms with Gasteiger partial charge in [0.05, 0.1) is 0 Å². The third-order valence-corrected chi connectivity index (χ3v) is 3.44. The van der Waals surface area contributed by atoms with E-state index in [2.05, 4.69) is 4.90 Å². The van der Waals surface area contributed by atoms with Gasteiger partial charge >= 0.3 is 5.97 Å². The standard InChI is InChI=1S/C14H16ClNO2/c15-13-10-12(16-8-2-1-3-9-16)6-4-11(13)5-7-14(17)18/h4-7,10H,1-3,8-9H2,(H,17,18)/b7-5+. The third-order valence-electron chi connectivity index (χ3n) is 3.11. The summed E-state index contributed by atoms with van der Waals surface area (Å²) in [6.45, 7) is 2.14. The molecule has 2 rings (SSSR count). The molecule has 0 aliphatic carbocycles. The lowest BCUT2D eigenvalue weighted by Gasteiger charge is -2.29. The fourth-order valence-electron chi connectivity index (χ4n) is 2.16. The number of hydrogen-bond donors (Lipinski definition) is 1. The highest BCUT2D eigenvalue weighted by Gasteiger charge is 2.11. The van der Waals surface area contributed by atoms with Crippen LogP contribution in [0.25, 0.3) is 6.08 Å². The molecule has 0 bridgehead atoms. The Morgan fingerprint density at radius 2 is 2.00 bits per heavy atom. The minimum absolute atomic E-state index is 0.593. The van der Waals surface area contributed by atoms with E-state index < -0.39 is 5.97 Å². The second-order valence-electron chi connectivity index (χ2n) is 4.43. The van der Waals surface area contributed by atoms with E-state index in [1.807, 2.05) is 18.2 Å². The first-order chi connectivity index (χ1) is 8.66. The summed E-state index contributed by atoms with van der Waals surface area (Å²) in [6, 6.07) is 5.78. The van der Waals surface area contributed by atoms with Gasteiger partial charge in [-0.2, -0.15) is 0 Å². The maximum atomic E-state index is 10.5. The summed E-state index contributed by atoms with van der Waals surface area (Å²) in [5, 5.41) is 9.18. The van der Waals surface area contributed by atoms with E-state index in [0.29, 0.717) is 5.02 Å². The number of benzene rings is 1. The number of anilines is 1. The number of piperidine rings is 1. The number of carboxylic acid groups (broad SMARTS) is 1. The molecule has 96 valence electrons. The number of carboxylic acids is 1. The Labute approximate surface area is 112 Å². The van der Waals surface area contributed by atoms with Crippen LogP contribution in [-0.4, -0.2) is 24.2 Å². The highest BCUT2D eigenvalue weighted by Crippen LogP contribution is 2.26. The molecule has 0 amide bonds. The van der Waals surface area contributed by atoms with Crippen LogP contribution in [0.15, 0.2) is 24.3 Å². The monoisotopic (exact) mass is 265 g/mol. The molecule has 1 fully saturated rings. The van der Waals surface area contributed by atoms with Crippen molar-refractivity contribution in [1.82, 2.24) is 0 Å². The zero-order valence-electron chi connectivity index (χ0n) is 10.1. The van der Waals surface area contributed by atoms with E-state index in [9.17, 15) is 4.79 Å². The molecule has 1 aliphatic rings. The Bertz CT molecular complexity index is 465. The van der Waals surface area contributed by atoms with Crippen LogP contribution in [0.1, 0.15) is 24.8 Å². The SMILES string of the molecule is O=C(O)/C=C/c1ccc(N2CCCCC2)cc1Cl. The maximum absolute atomic E-state index is 10.5. The molecule has 1 heterocycles. The number of aliphatic carboxylic acids is 1. The van der Waals surface area contributed by atoms with Gasteiger partial charge < -0.3 is 10.0 Å². The molecule has 0 spiro atoms. The van der Waals surface area contributed by atoms with Gasteiger partial charge in [0, 0.05) is 29.9 Å². The number of rotatable bonds is 3. The molecule has 0 radical (unpaired) electrons. The van der Waals surface area contributed by atoms with E-state index in [1.165, 1.54) is 25.3 Å². The molecular formula is C14H16ClNO2. The summed E-state index contributed by atoms with van der Waals surface area (Å²) in [5.74, 6) is -0.967. The third kappa shape index (κ3) is 3.26. The first-order valence-electron chi connectivity index (χ1n) is 6.12. The van der Waals surface area contributed by atoms with Gasteiger partial charge in [-0.15, -0.1) is 0 Å². The number of hydrogen-bond acceptors (Lipinski definition) is 2. The van der Waals surface area contributed by atoms with Gasteiger partial charge in [-0.3, -0.25) is 0 Å². The highest BCUT2D eigenvalue weighted by atomic mass is 35.5. The summed E-state index contributed by atoms with van der Waals surface area (Å²) in [6.07, 6.45) is 6.35. The summed E-state index contributed by atoms with van der Waals surface area (Å²) in [4.78, 5) is 12.8. The van der Waals surface area contributed by atoms with Crippen LogP contribution in [0.4, 0.5) is 5.69 Å². The van der Waals surface area contributed by atoms with Crippen molar-refractivity contribution in [2.75, 3.05) is 18.0 Å². The van der Waals surface area contributed by atoms with Crippen LogP contribution in [0.2, 0.25) is 5.02 Å². The highest BCUT2D eigenvalue weighted by molar-refractivity contribution is 6.32. The summed E-state index contributed by atoms with van der Waals surface area (Å²) < 4.78 is 0. The topological polar surface area (TPSA) is 40.5 Å². The van der Waals surface area contributed by atoms with Gasteiger partial charge in [0.1, 0.15) is 0 Å². The van der Waals surface area contributed by atoms with Crippen molar-refractivity contribution in [2.45, 2.75) is 19.3 Å². The Hall–Kier alpha value is -1.48. The van der Waals surface area contributed by atoms with Gasteiger partial charge in [-0.1, -0.05) is 17.7 Å². The lowest BCUT2D eigenvalue weighted by atomic mass is 10.1. The van der Waals surface area contributed by atoms with Gasteiger partial charge in [0.25, 0.3) is 0 Å². The Morgan fingerprint density at radius 1 is 1.28 bits per heavy atom. The van der Waals surface area contributed by atoms with E-state index in [1.54, 1.807) is 0 Å². The molecule has 3 nitrogen and oxygen atoms in total. The molecule has 0 unspecified atom stereocenters. The lowest BCUT2D eigenvalue weighted by Crippen LogP contribution is -2.29. The smallest absolute Gasteiger partial charge is 0.328 e. The predicted molar refractivity (Wildman–Crippen MR) is 74.2 cm³/mol. The van der Waals surface area contributed by atoms with Crippen LogP contribution in [0.5, 0.6) is 0 Å². The van der Waals surface area contributed by atoms with Crippen molar-refractivity contribution in [3.05, 3.63) is 34.9 Å². The van der Waals surface area contributed by atoms with Crippen molar-refractivity contribution in [1.29, 1.82) is 0 Å². The fourth-order valence-corrected chi connectivity index (χ4v) is 2.40. The molecule has 1 aromatic carbocycles. The summed E-state index contributed by atoms with van der Waals surface area (Å²) >= 11 is 6.16. The number of nitrogens with zero attached hydrogens (tertiary/aromatic N) is 1. The van der Waals surface area contributed by atoms with Crippen molar-refractivity contribution >= 4 is 29.3 Å². The van der Waals surface area contributed by atoms with Crippen LogP contribution in [0, 0.1) is 0 Å². The molecule has 18 heavy (non-hydrogen) atoms. The minimum Gasteiger partial charge on any atom is -0.478 e. The molecule has 1 saturated heterocycles. The van der Waals surface area contributed by atoms with Gasteiger partial charge in [0.15, 0.2) is 0 Å². The van der Waals surface area contributed by atoms with Gasteiger partial charge in [-0.25, -0.2) is 4.79 Å². The van der Waals surface area contributed by atoms with Gasteiger partial charge in [0.2, 0.25) is 0 Å². The van der Waals surface area contributed by atoms with Crippen molar-refractivity contribution in [3.8, 4) is 0 Å². The van der Waals surface area contributed by atoms with Crippen LogP contribution < -0.4 is 4.90 Å². The molecular weight excluding hydrogens is 250 g/mol. The van der Waals surface area contributed by atoms with E-state index in [0.717, 1.165) is 30.4 Å². The molecule has 0 saturated carbocycles. The molecule has 4 heteroatoms. The summed E-state index contributed by atoms with van der Waals surface area (Å²) in [5.41, 5.74) is 1.85. The normalized spacial score (nSPS) is 16.2. The second kappa shape index (κ2) is 5.91. The molecule has 0 aromatic heterocycles. The number of carbonyl (C=O) groups is 1. The van der Waals surface area contributed by atoms with Crippen molar-refractivity contribution < 1.29 is 9.90 Å². The van der Waals surface area contributed by atoms with E-state index in [-0.39, 0.29) is 0 Å². The molecule has 1 aliphatic heterocycles. The predicted octanol–water partition coefficient (Wildman–Crippen LogP) is 3.43. The minimum atomic E-state index is -0.967. The van der Waals surface area contributed by atoms with Crippen LogP contribution in [0.3, 0.4) is 0 Å². The largest absolute Gasteiger partial charge is 0.478 e. The molecule has 1 aromatic rings. The molecule has 1 N–H and O–H groups in total. The Morgan fingerprint density at radius 3 is 2.61 bits per heavy atom. The van der Waals surface area contributed by atoms with Crippen molar-refractivity contribution in [3.63, 3.8) is 0 Å². The first-order valence-corrected chi connectivity index (χ1v) is 6.50. The quantitative estimate of drug-likeness (QED) is 0.852. The number of halogens is 1. The van der Waals surface area contributed by atoms with Gasteiger partial charge in [-0.05, 0) is 43.0 Å². The van der Waals surface area contributed by atoms with E-state index >= 15 is 0 Å². The summed E-state index contributed by atoms with van der Waals surface area (Å²) in [7, 11) is 0. The Kier molecular flexibility index (Phi) is 4.26. The average molecular weight is 266 g/mol. The van der Waals surface area contributed by atoms with Crippen LogP contribution >= 0.6 is 11.6 Å². The zero-order valence-corrected chi connectivity index (χ0v) is 10.9. The van der Waals surface area contributed by atoms with Crippen LogP contribution in [-0.2, 0) is 4.79 Å². The zero-order chi connectivity index (χ0) is 13.0. The first kappa shape index (κ1) is 13.0. The maximum Gasteiger partial charge on any atom is 0.328 e. The molecule has 0 atom stereocenters. The fraction of sp³-hybridized carbons (Fsp3) is 0.357. The Balaban J connectivity index is 2.16. The lowest BCUT2D eigenvalue weighted by molar-refractivity contribution is -0.131. The average Bonchev–Trinajstić information content (AvgIpc) is 2.38. The van der Waals surface area contributed by atoms with Crippen molar-refractivity contribution in [2.24, 2.45) is 0 Å².